The van der Waals surface area contributed by atoms with Gasteiger partial charge in [-0.05, 0) is 74.7 Å². The van der Waals surface area contributed by atoms with E-state index in [4.69, 9.17) is 9.47 Å². The molecular formula is C25H27FN2O4S. The predicted molar refractivity (Wildman–Crippen MR) is 128 cm³/mol. The van der Waals surface area contributed by atoms with E-state index >= 15 is 0 Å². The Balaban J connectivity index is 2.16. The zero-order valence-electron chi connectivity index (χ0n) is 19.2. The molecule has 174 valence electrons. The number of nitrogens with one attached hydrogen (secondary N) is 1. The molecule has 2 amide bonds. The molecule has 0 aliphatic rings. The first kappa shape index (κ1) is 24.3. The lowest BCUT2D eigenvalue weighted by molar-refractivity contribution is -0.123. The molecule has 0 saturated heterocycles. The van der Waals surface area contributed by atoms with Gasteiger partial charge in [0, 0.05) is 21.7 Å². The largest absolute Gasteiger partial charge is 0.493 e. The lowest BCUT2D eigenvalue weighted by Crippen LogP contribution is -2.49. The summed E-state index contributed by atoms with van der Waals surface area (Å²) in [5, 5.41) is 4.82. The number of amides is 2. The van der Waals surface area contributed by atoms with Crippen LogP contribution < -0.4 is 19.7 Å². The number of halogens is 1. The quantitative estimate of drug-likeness (QED) is 0.515. The third-order valence-electron chi connectivity index (χ3n) is 4.77. The van der Waals surface area contributed by atoms with Crippen LogP contribution in [0.2, 0.25) is 0 Å². The average Bonchev–Trinajstić information content (AvgIpc) is 3.30. The Bertz CT molecular complexity index is 1110. The van der Waals surface area contributed by atoms with Crippen LogP contribution in [0.1, 0.15) is 42.0 Å². The Hall–Kier alpha value is -3.39. The molecule has 0 bridgehead atoms. The van der Waals surface area contributed by atoms with Crippen LogP contribution in [0.4, 0.5) is 10.1 Å². The van der Waals surface area contributed by atoms with Crippen molar-refractivity contribution in [2.75, 3.05) is 19.1 Å². The minimum Gasteiger partial charge on any atom is -0.493 e. The van der Waals surface area contributed by atoms with E-state index in [1.807, 2.05) is 32.2 Å². The molecule has 3 rings (SSSR count). The van der Waals surface area contributed by atoms with Crippen molar-refractivity contribution >= 4 is 28.8 Å². The van der Waals surface area contributed by atoms with Gasteiger partial charge < -0.3 is 14.8 Å². The number of thiophene rings is 1. The van der Waals surface area contributed by atoms with Crippen LogP contribution >= 0.6 is 11.3 Å². The molecule has 3 aromatic rings. The van der Waals surface area contributed by atoms with Gasteiger partial charge in [0.05, 0.1) is 14.2 Å². The van der Waals surface area contributed by atoms with E-state index in [1.165, 1.54) is 54.7 Å². The SMILES string of the molecule is COc1ccc(C(=O)N(c2ccc(F)cc2)C(C(=O)NC(C)(C)C)c2cccs2)cc1OC. The standard InChI is InChI=1S/C25H27FN2O4S/c1-25(2,3)27-23(29)22(21-7-6-14-33-21)28(18-11-9-17(26)10-12-18)24(30)16-8-13-19(31-4)20(15-16)32-5/h6-15,22H,1-5H3,(H,27,29). The van der Waals surface area contributed by atoms with E-state index in [9.17, 15) is 14.0 Å². The molecule has 0 radical (unpaired) electrons. The smallest absolute Gasteiger partial charge is 0.259 e. The van der Waals surface area contributed by atoms with Crippen LogP contribution in [-0.4, -0.2) is 31.6 Å². The highest BCUT2D eigenvalue weighted by molar-refractivity contribution is 7.10. The number of methoxy groups -OCH3 is 2. The maximum absolute atomic E-state index is 13.9. The van der Waals surface area contributed by atoms with Crippen LogP contribution in [0.25, 0.3) is 0 Å². The molecule has 0 aliphatic heterocycles. The number of nitrogens with zero attached hydrogens (tertiary/aromatic N) is 1. The molecule has 1 heterocycles. The predicted octanol–water partition coefficient (Wildman–Crippen LogP) is 5.21. The van der Waals surface area contributed by atoms with Crippen molar-refractivity contribution in [2.45, 2.75) is 32.4 Å². The van der Waals surface area contributed by atoms with Gasteiger partial charge >= 0.3 is 0 Å². The second-order valence-electron chi connectivity index (χ2n) is 8.38. The van der Waals surface area contributed by atoms with Crippen molar-refractivity contribution < 1.29 is 23.5 Å². The summed E-state index contributed by atoms with van der Waals surface area (Å²) in [6.07, 6.45) is 0. The molecule has 1 atom stereocenters. The van der Waals surface area contributed by atoms with Crippen LogP contribution in [-0.2, 0) is 4.79 Å². The molecule has 1 aromatic heterocycles. The van der Waals surface area contributed by atoms with Gasteiger partial charge in [0.2, 0.25) is 5.91 Å². The molecule has 0 saturated carbocycles. The second kappa shape index (κ2) is 10.0. The summed E-state index contributed by atoms with van der Waals surface area (Å²) in [7, 11) is 2.99. The van der Waals surface area contributed by atoms with Crippen molar-refractivity contribution in [3.8, 4) is 11.5 Å². The highest BCUT2D eigenvalue weighted by Crippen LogP contribution is 2.34. The summed E-state index contributed by atoms with van der Waals surface area (Å²) >= 11 is 1.36. The Labute approximate surface area is 196 Å². The van der Waals surface area contributed by atoms with Crippen LogP contribution in [0.15, 0.2) is 60.0 Å². The van der Waals surface area contributed by atoms with Crippen molar-refractivity contribution in [3.63, 3.8) is 0 Å². The third kappa shape index (κ3) is 5.70. The number of ether oxygens (including phenoxy) is 2. The van der Waals surface area contributed by atoms with Gasteiger partial charge in [0.25, 0.3) is 5.91 Å². The summed E-state index contributed by atoms with van der Waals surface area (Å²) in [4.78, 5) is 29.4. The highest BCUT2D eigenvalue weighted by Gasteiger charge is 2.36. The summed E-state index contributed by atoms with van der Waals surface area (Å²) < 4.78 is 24.3. The van der Waals surface area contributed by atoms with Crippen molar-refractivity contribution in [2.24, 2.45) is 0 Å². The molecule has 0 fully saturated rings. The minimum absolute atomic E-state index is 0.294. The minimum atomic E-state index is -0.963. The number of anilines is 1. The Morgan fingerprint density at radius 2 is 1.67 bits per heavy atom. The van der Waals surface area contributed by atoms with Crippen molar-refractivity contribution in [1.82, 2.24) is 5.32 Å². The third-order valence-corrected chi connectivity index (χ3v) is 5.70. The number of hydrogen-bond acceptors (Lipinski definition) is 5. The van der Waals surface area contributed by atoms with E-state index in [2.05, 4.69) is 5.32 Å². The van der Waals surface area contributed by atoms with E-state index < -0.39 is 23.3 Å². The van der Waals surface area contributed by atoms with Crippen molar-refractivity contribution in [1.29, 1.82) is 0 Å². The molecule has 1 unspecified atom stereocenters. The summed E-state index contributed by atoms with van der Waals surface area (Å²) in [6.45, 7) is 5.61. The van der Waals surface area contributed by atoms with Crippen LogP contribution in [0.3, 0.4) is 0 Å². The van der Waals surface area contributed by atoms with E-state index in [0.29, 0.717) is 27.6 Å². The molecule has 8 heteroatoms. The summed E-state index contributed by atoms with van der Waals surface area (Å²) in [6, 6.07) is 12.9. The number of carbonyl (C=O) groups excluding carboxylic acids is 2. The summed E-state index contributed by atoms with van der Waals surface area (Å²) in [5.41, 5.74) is 0.161. The zero-order valence-corrected chi connectivity index (χ0v) is 20.0. The maximum atomic E-state index is 13.9. The fraction of sp³-hybridized carbons (Fsp3) is 0.280. The fourth-order valence-electron chi connectivity index (χ4n) is 3.35. The molecule has 33 heavy (non-hydrogen) atoms. The topological polar surface area (TPSA) is 67.9 Å². The van der Waals surface area contributed by atoms with Gasteiger partial charge in [0.15, 0.2) is 17.5 Å². The number of hydrogen-bond donors (Lipinski definition) is 1. The van der Waals surface area contributed by atoms with Gasteiger partial charge in [-0.3, -0.25) is 14.5 Å². The number of carbonyl (C=O) groups is 2. The Morgan fingerprint density at radius 3 is 2.21 bits per heavy atom. The molecular weight excluding hydrogens is 443 g/mol. The lowest BCUT2D eigenvalue weighted by Gasteiger charge is -2.33. The monoisotopic (exact) mass is 470 g/mol. The van der Waals surface area contributed by atoms with Gasteiger partial charge in [-0.15, -0.1) is 11.3 Å². The first-order chi connectivity index (χ1) is 15.6. The lowest BCUT2D eigenvalue weighted by atomic mass is 10.0. The van der Waals surface area contributed by atoms with Gasteiger partial charge in [-0.1, -0.05) is 6.07 Å². The average molecular weight is 471 g/mol. The van der Waals surface area contributed by atoms with E-state index in [1.54, 1.807) is 24.3 Å². The molecule has 0 spiro atoms. The van der Waals surface area contributed by atoms with Gasteiger partial charge in [-0.2, -0.15) is 0 Å². The molecule has 2 aromatic carbocycles. The fourth-order valence-corrected chi connectivity index (χ4v) is 4.16. The van der Waals surface area contributed by atoms with E-state index in [0.717, 1.165) is 0 Å². The Morgan fingerprint density at radius 1 is 1.00 bits per heavy atom. The summed E-state index contributed by atoms with van der Waals surface area (Å²) in [5.74, 6) is -0.367. The second-order valence-corrected chi connectivity index (χ2v) is 9.36. The first-order valence-corrected chi connectivity index (χ1v) is 11.2. The number of benzene rings is 2. The van der Waals surface area contributed by atoms with Gasteiger partial charge in [-0.25, -0.2) is 4.39 Å². The highest BCUT2D eigenvalue weighted by atomic mass is 32.1. The first-order valence-electron chi connectivity index (χ1n) is 10.3. The zero-order chi connectivity index (χ0) is 24.2. The molecule has 1 N–H and O–H groups in total. The maximum Gasteiger partial charge on any atom is 0.259 e. The van der Waals surface area contributed by atoms with Crippen molar-refractivity contribution in [3.05, 3.63) is 76.2 Å². The molecule has 0 aliphatic carbocycles. The van der Waals surface area contributed by atoms with Crippen LogP contribution in [0, 0.1) is 5.82 Å². The van der Waals surface area contributed by atoms with Gasteiger partial charge in [0.1, 0.15) is 5.82 Å². The molecule has 6 nitrogen and oxygen atoms in total. The number of rotatable bonds is 7. The van der Waals surface area contributed by atoms with Crippen LogP contribution in [0.5, 0.6) is 11.5 Å². The normalized spacial score (nSPS) is 12.1. The Kier molecular flexibility index (Phi) is 7.38. The van der Waals surface area contributed by atoms with E-state index in [-0.39, 0.29) is 5.91 Å².